The van der Waals surface area contributed by atoms with Crippen molar-refractivity contribution in [3.8, 4) is 0 Å². The lowest BCUT2D eigenvalue weighted by molar-refractivity contribution is -0.119. The van der Waals surface area contributed by atoms with Crippen LogP contribution in [0.3, 0.4) is 0 Å². The fraction of sp³-hybridized carbons (Fsp3) is 0.500. The molecule has 0 spiro atoms. The zero-order chi connectivity index (χ0) is 12.3. The van der Waals surface area contributed by atoms with Crippen LogP contribution in [-0.4, -0.2) is 5.91 Å². The average molecular weight is 219 g/mol. The minimum absolute atomic E-state index is 0.146. The zero-order valence-corrected chi connectivity index (χ0v) is 10.6. The van der Waals surface area contributed by atoms with Gasteiger partial charge >= 0.3 is 0 Å². The van der Waals surface area contributed by atoms with Gasteiger partial charge in [0.15, 0.2) is 0 Å². The van der Waals surface area contributed by atoms with Gasteiger partial charge in [-0.1, -0.05) is 52.0 Å². The van der Waals surface area contributed by atoms with E-state index in [9.17, 15) is 4.79 Å². The van der Waals surface area contributed by atoms with E-state index in [1.54, 1.807) is 0 Å². The summed E-state index contributed by atoms with van der Waals surface area (Å²) in [6.07, 6.45) is 0.754. The van der Waals surface area contributed by atoms with Crippen LogP contribution in [0.2, 0.25) is 0 Å². The number of benzene rings is 1. The maximum atomic E-state index is 11.2. The lowest BCUT2D eigenvalue weighted by Crippen LogP contribution is -2.21. The van der Waals surface area contributed by atoms with Gasteiger partial charge in [0, 0.05) is 0 Å². The Labute approximate surface area is 97.9 Å². The number of carbonyl (C=O) groups is 1. The Morgan fingerprint density at radius 1 is 1.25 bits per heavy atom. The maximum Gasteiger partial charge on any atom is 0.224 e. The van der Waals surface area contributed by atoms with Crippen LogP contribution < -0.4 is 5.73 Å². The Hall–Kier alpha value is -1.31. The van der Waals surface area contributed by atoms with Crippen LogP contribution in [0.5, 0.6) is 0 Å². The number of rotatable bonds is 3. The topological polar surface area (TPSA) is 43.1 Å². The first-order chi connectivity index (χ1) is 7.36. The highest BCUT2D eigenvalue weighted by Crippen LogP contribution is 2.25. The van der Waals surface area contributed by atoms with Crippen molar-refractivity contribution in [3.05, 3.63) is 35.4 Å². The number of hydrogen-bond acceptors (Lipinski definition) is 1. The van der Waals surface area contributed by atoms with E-state index in [0.717, 1.165) is 12.0 Å². The highest BCUT2D eigenvalue weighted by Gasteiger charge is 2.17. The minimum Gasteiger partial charge on any atom is -0.369 e. The van der Waals surface area contributed by atoms with E-state index in [-0.39, 0.29) is 17.2 Å². The van der Waals surface area contributed by atoms with Crippen LogP contribution in [0, 0.1) is 0 Å². The van der Waals surface area contributed by atoms with Crippen molar-refractivity contribution in [2.45, 2.75) is 45.4 Å². The normalized spacial score (nSPS) is 13.5. The molecule has 0 unspecified atom stereocenters. The summed E-state index contributed by atoms with van der Waals surface area (Å²) in [5.41, 5.74) is 7.80. The molecule has 0 bridgehead atoms. The molecule has 0 radical (unpaired) electrons. The van der Waals surface area contributed by atoms with Gasteiger partial charge < -0.3 is 5.73 Å². The molecule has 88 valence electrons. The zero-order valence-electron chi connectivity index (χ0n) is 10.6. The summed E-state index contributed by atoms with van der Waals surface area (Å²) in [7, 11) is 0. The summed E-state index contributed by atoms with van der Waals surface area (Å²) in [6.45, 7) is 8.50. The van der Waals surface area contributed by atoms with E-state index in [1.165, 1.54) is 5.56 Å². The van der Waals surface area contributed by atoms with Crippen LogP contribution >= 0.6 is 0 Å². The van der Waals surface area contributed by atoms with Crippen LogP contribution in [-0.2, 0) is 10.2 Å². The Morgan fingerprint density at radius 3 is 2.06 bits per heavy atom. The molecule has 1 amide bonds. The molecule has 1 aromatic carbocycles. The summed E-state index contributed by atoms with van der Waals surface area (Å²) in [6, 6.07) is 8.20. The standard InChI is InChI=1S/C14H21NO/c1-5-12(13(15)16)10-6-8-11(9-7-10)14(2,3)4/h6-9,12H,5H2,1-4H3,(H2,15,16)/t12-/m0/s1. The SMILES string of the molecule is CC[C@H](C(N)=O)c1ccc(C(C)(C)C)cc1. The first-order valence-corrected chi connectivity index (χ1v) is 5.76. The first-order valence-electron chi connectivity index (χ1n) is 5.76. The lowest BCUT2D eigenvalue weighted by Gasteiger charge is -2.20. The highest BCUT2D eigenvalue weighted by atomic mass is 16.1. The quantitative estimate of drug-likeness (QED) is 0.834. The second-order valence-electron chi connectivity index (χ2n) is 5.24. The molecule has 0 aliphatic rings. The minimum atomic E-state index is -0.244. The molecule has 2 nitrogen and oxygen atoms in total. The van der Waals surface area contributed by atoms with Gasteiger partial charge in [0.25, 0.3) is 0 Å². The van der Waals surface area contributed by atoms with Crippen molar-refractivity contribution in [3.63, 3.8) is 0 Å². The van der Waals surface area contributed by atoms with Crippen LogP contribution in [0.1, 0.15) is 51.2 Å². The van der Waals surface area contributed by atoms with Gasteiger partial charge in [0.05, 0.1) is 5.92 Å². The molecule has 0 saturated heterocycles. The van der Waals surface area contributed by atoms with Crippen LogP contribution in [0.4, 0.5) is 0 Å². The smallest absolute Gasteiger partial charge is 0.224 e. The molecule has 16 heavy (non-hydrogen) atoms. The molecular weight excluding hydrogens is 198 g/mol. The predicted octanol–water partition coefficient (Wildman–Crippen LogP) is 2.96. The van der Waals surface area contributed by atoms with Crippen molar-refractivity contribution in [2.75, 3.05) is 0 Å². The number of primary amides is 1. The molecular formula is C14H21NO. The fourth-order valence-electron chi connectivity index (χ4n) is 1.82. The predicted molar refractivity (Wildman–Crippen MR) is 67.4 cm³/mol. The third-order valence-corrected chi connectivity index (χ3v) is 2.93. The van der Waals surface area contributed by atoms with E-state index >= 15 is 0 Å². The number of amides is 1. The lowest BCUT2D eigenvalue weighted by atomic mass is 9.85. The van der Waals surface area contributed by atoms with Crippen molar-refractivity contribution >= 4 is 5.91 Å². The highest BCUT2D eigenvalue weighted by molar-refractivity contribution is 5.81. The van der Waals surface area contributed by atoms with Crippen LogP contribution in [0.25, 0.3) is 0 Å². The Bertz CT molecular complexity index is 359. The monoisotopic (exact) mass is 219 g/mol. The summed E-state index contributed by atoms with van der Waals surface area (Å²) >= 11 is 0. The largest absolute Gasteiger partial charge is 0.369 e. The molecule has 0 heterocycles. The average Bonchev–Trinajstić information content (AvgIpc) is 2.17. The van der Waals surface area contributed by atoms with Gasteiger partial charge in [-0.25, -0.2) is 0 Å². The molecule has 0 aromatic heterocycles. The first kappa shape index (κ1) is 12.8. The Balaban J connectivity index is 2.98. The second-order valence-corrected chi connectivity index (χ2v) is 5.24. The summed E-state index contributed by atoms with van der Waals surface area (Å²) < 4.78 is 0. The third-order valence-electron chi connectivity index (χ3n) is 2.93. The Morgan fingerprint density at radius 2 is 1.75 bits per heavy atom. The van der Waals surface area contributed by atoms with Gasteiger partial charge in [-0.3, -0.25) is 4.79 Å². The van der Waals surface area contributed by atoms with Crippen molar-refractivity contribution in [1.82, 2.24) is 0 Å². The van der Waals surface area contributed by atoms with Gasteiger partial charge in [-0.05, 0) is 23.0 Å². The second kappa shape index (κ2) is 4.69. The van der Waals surface area contributed by atoms with E-state index < -0.39 is 0 Å². The molecule has 0 aliphatic carbocycles. The van der Waals surface area contributed by atoms with Gasteiger partial charge in [0.2, 0.25) is 5.91 Å². The molecule has 1 aromatic rings. The number of nitrogens with two attached hydrogens (primary N) is 1. The summed E-state index contributed by atoms with van der Waals surface area (Å²) in [5, 5.41) is 0. The third kappa shape index (κ3) is 2.84. The molecule has 0 saturated carbocycles. The maximum absolute atomic E-state index is 11.2. The molecule has 1 atom stereocenters. The molecule has 2 heteroatoms. The van der Waals surface area contributed by atoms with Crippen molar-refractivity contribution in [2.24, 2.45) is 5.73 Å². The van der Waals surface area contributed by atoms with Gasteiger partial charge in [-0.15, -0.1) is 0 Å². The van der Waals surface area contributed by atoms with E-state index in [2.05, 4.69) is 32.9 Å². The fourth-order valence-corrected chi connectivity index (χ4v) is 1.82. The van der Waals surface area contributed by atoms with Crippen molar-refractivity contribution in [1.29, 1.82) is 0 Å². The molecule has 0 aliphatic heterocycles. The van der Waals surface area contributed by atoms with Crippen molar-refractivity contribution < 1.29 is 4.79 Å². The molecule has 0 fully saturated rings. The van der Waals surface area contributed by atoms with Gasteiger partial charge in [-0.2, -0.15) is 0 Å². The van der Waals surface area contributed by atoms with E-state index in [4.69, 9.17) is 5.73 Å². The van der Waals surface area contributed by atoms with E-state index in [1.807, 2.05) is 19.1 Å². The Kier molecular flexibility index (Phi) is 3.74. The summed E-state index contributed by atoms with van der Waals surface area (Å²) in [4.78, 5) is 11.2. The summed E-state index contributed by atoms with van der Waals surface area (Å²) in [5.74, 6) is -0.403. The number of hydrogen-bond donors (Lipinski definition) is 1. The number of carbonyl (C=O) groups excluding carboxylic acids is 1. The molecule has 2 N–H and O–H groups in total. The van der Waals surface area contributed by atoms with Gasteiger partial charge in [0.1, 0.15) is 0 Å². The van der Waals surface area contributed by atoms with E-state index in [0.29, 0.717) is 0 Å². The molecule has 1 rings (SSSR count). The van der Waals surface area contributed by atoms with Crippen LogP contribution in [0.15, 0.2) is 24.3 Å².